The molecule has 0 aromatic carbocycles. The Morgan fingerprint density at radius 2 is 2.00 bits per heavy atom. The average molecular weight is 238 g/mol. The number of nitrogens with zero attached hydrogens (tertiary/aromatic N) is 3. The Kier molecular flexibility index (Phi) is 3.04. The van der Waals surface area contributed by atoms with Crippen LogP contribution in [-0.2, 0) is 14.1 Å². The average Bonchev–Trinajstić information content (AvgIpc) is 2.69. The summed E-state index contributed by atoms with van der Waals surface area (Å²) in [6.45, 7) is 2.16. The zero-order valence-corrected chi connectivity index (χ0v) is 10.4. The molecule has 0 radical (unpaired) electrons. The highest BCUT2D eigenvalue weighted by Crippen LogP contribution is 2.26. The van der Waals surface area contributed by atoms with E-state index in [9.17, 15) is 9.59 Å². The fraction of sp³-hybridized carbons (Fsp3) is 0.727. The van der Waals surface area contributed by atoms with Gasteiger partial charge in [0.25, 0.3) is 5.56 Å². The topological polar surface area (TPSA) is 68.9 Å². The molecule has 6 nitrogen and oxygen atoms in total. The number of rotatable bonds is 2. The van der Waals surface area contributed by atoms with E-state index in [0.717, 1.165) is 11.0 Å². The van der Waals surface area contributed by atoms with Gasteiger partial charge in [-0.2, -0.15) is 0 Å². The maximum absolute atomic E-state index is 11.9. The molecule has 6 heteroatoms. The Bertz CT molecular complexity index is 531. The molecule has 1 aromatic rings. The third-order valence-corrected chi connectivity index (χ3v) is 3.50. The summed E-state index contributed by atoms with van der Waals surface area (Å²) >= 11 is 0. The lowest BCUT2D eigenvalue weighted by Crippen LogP contribution is -2.41. The van der Waals surface area contributed by atoms with Gasteiger partial charge in [-0.15, -0.1) is 5.10 Å². The van der Waals surface area contributed by atoms with Gasteiger partial charge in [-0.3, -0.25) is 9.36 Å². The lowest BCUT2D eigenvalue weighted by molar-refractivity contribution is 0.542. The van der Waals surface area contributed by atoms with E-state index in [1.807, 2.05) is 0 Å². The number of hydrogen-bond donors (Lipinski definition) is 1. The summed E-state index contributed by atoms with van der Waals surface area (Å²) in [7, 11) is 3.01. The highest BCUT2D eigenvalue weighted by molar-refractivity contribution is 5.31. The van der Waals surface area contributed by atoms with Crippen molar-refractivity contribution >= 4 is 5.82 Å². The molecule has 1 aromatic heterocycles. The molecule has 1 N–H and O–H groups in total. The smallest absolute Gasteiger partial charge is 0.346 e. The summed E-state index contributed by atoms with van der Waals surface area (Å²) in [5, 5.41) is 7.15. The van der Waals surface area contributed by atoms with E-state index in [-0.39, 0.29) is 17.4 Å². The van der Waals surface area contributed by atoms with Crippen molar-refractivity contribution in [2.24, 2.45) is 20.0 Å². The summed E-state index contributed by atoms with van der Waals surface area (Å²) in [5.74, 6) is 0.812. The lowest BCUT2D eigenvalue weighted by atomic mass is 10.1. The van der Waals surface area contributed by atoms with Gasteiger partial charge >= 0.3 is 5.69 Å². The maximum atomic E-state index is 11.9. The van der Waals surface area contributed by atoms with Crippen LogP contribution >= 0.6 is 0 Å². The van der Waals surface area contributed by atoms with Crippen molar-refractivity contribution in [1.29, 1.82) is 0 Å². The predicted octanol–water partition coefficient (Wildman–Crippen LogP) is 0.0795. The second kappa shape index (κ2) is 4.35. The minimum atomic E-state index is -0.403. The Hall–Kier alpha value is -1.59. The van der Waals surface area contributed by atoms with Gasteiger partial charge in [0.2, 0.25) is 5.82 Å². The van der Waals surface area contributed by atoms with Gasteiger partial charge < -0.3 is 5.32 Å². The molecule has 2 atom stereocenters. The predicted molar refractivity (Wildman–Crippen MR) is 65.1 cm³/mol. The Morgan fingerprint density at radius 1 is 1.29 bits per heavy atom. The second-order valence-corrected chi connectivity index (χ2v) is 4.78. The van der Waals surface area contributed by atoms with Crippen molar-refractivity contribution in [3.8, 4) is 0 Å². The minimum Gasteiger partial charge on any atom is -0.361 e. The van der Waals surface area contributed by atoms with E-state index in [0.29, 0.717) is 5.92 Å². The molecule has 94 valence electrons. The molecule has 1 saturated carbocycles. The molecule has 1 aliphatic rings. The Balaban J connectivity index is 2.34. The van der Waals surface area contributed by atoms with Crippen molar-refractivity contribution < 1.29 is 0 Å². The van der Waals surface area contributed by atoms with Crippen LogP contribution in [0.2, 0.25) is 0 Å². The molecule has 1 aliphatic carbocycles. The Morgan fingerprint density at radius 3 is 2.59 bits per heavy atom. The number of hydrogen-bond acceptors (Lipinski definition) is 4. The molecule has 1 heterocycles. The van der Waals surface area contributed by atoms with Crippen LogP contribution in [0.5, 0.6) is 0 Å². The van der Waals surface area contributed by atoms with Gasteiger partial charge in [0.1, 0.15) is 0 Å². The van der Waals surface area contributed by atoms with Crippen LogP contribution in [0.25, 0.3) is 0 Å². The largest absolute Gasteiger partial charge is 0.361 e. The zero-order chi connectivity index (χ0) is 12.6. The van der Waals surface area contributed by atoms with E-state index in [1.54, 1.807) is 7.05 Å². The van der Waals surface area contributed by atoms with E-state index < -0.39 is 5.69 Å². The molecule has 0 aliphatic heterocycles. The number of anilines is 1. The zero-order valence-electron chi connectivity index (χ0n) is 10.4. The second-order valence-electron chi connectivity index (χ2n) is 4.78. The van der Waals surface area contributed by atoms with Crippen LogP contribution in [0.1, 0.15) is 26.2 Å². The fourth-order valence-electron chi connectivity index (χ4n) is 2.32. The van der Waals surface area contributed by atoms with Gasteiger partial charge in [-0.05, 0) is 18.8 Å². The van der Waals surface area contributed by atoms with Crippen LogP contribution in [0.3, 0.4) is 0 Å². The summed E-state index contributed by atoms with van der Waals surface area (Å²) in [4.78, 5) is 23.3. The van der Waals surface area contributed by atoms with Gasteiger partial charge in [0.15, 0.2) is 0 Å². The van der Waals surface area contributed by atoms with Crippen LogP contribution in [0.15, 0.2) is 9.59 Å². The first-order chi connectivity index (χ1) is 8.00. The Labute approximate surface area is 99.3 Å². The molecule has 1 fully saturated rings. The maximum Gasteiger partial charge on any atom is 0.346 e. The summed E-state index contributed by atoms with van der Waals surface area (Å²) in [6.07, 6.45) is 3.39. The standard InChI is InChI=1S/C11H18N4O2/c1-7-5-4-6-8(7)12-9-10(16)14(2)11(17)15(3)13-9/h7-8H,4-6H2,1-3H3,(H,12,13). The van der Waals surface area contributed by atoms with E-state index in [2.05, 4.69) is 17.3 Å². The van der Waals surface area contributed by atoms with Crippen molar-refractivity contribution in [2.45, 2.75) is 32.2 Å². The van der Waals surface area contributed by atoms with Crippen molar-refractivity contribution in [3.05, 3.63) is 20.8 Å². The molecular formula is C11H18N4O2. The SMILES string of the molecule is CC1CCCC1Nc1nn(C)c(=O)n(C)c1=O. The first-order valence-electron chi connectivity index (χ1n) is 5.91. The summed E-state index contributed by atoms with van der Waals surface area (Å²) in [6, 6.07) is 0.285. The van der Waals surface area contributed by atoms with E-state index >= 15 is 0 Å². The number of nitrogens with one attached hydrogen (secondary N) is 1. The fourth-order valence-corrected chi connectivity index (χ4v) is 2.32. The third kappa shape index (κ3) is 2.11. The third-order valence-electron chi connectivity index (χ3n) is 3.50. The van der Waals surface area contributed by atoms with Crippen LogP contribution < -0.4 is 16.6 Å². The van der Waals surface area contributed by atoms with E-state index in [1.165, 1.54) is 24.6 Å². The molecule has 0 spiro atoms. The molecular weight excluding hydrogens is 220 g/mol. The first-order valence-corrected chi connectivity index (χ1v) is 5.91. The summed E-state index contributed by atoms with van der Waals surface area (Å²) < 4.78 is 2.26. The van der Waals surface area contributed by atoms with Crippen molar-refractivity contribution in [3.63, 3.8) is 0 Å². The normalized spacial score (nSPS) is 23.9. The highest BCUT2D eigenvalue weighted by Gasteiger charge is 2.24. The van der Waals surface area contributed by atoms with Gasteiger partial charge in [-0.1, -0.05) is 13.3 Å². The first kappa shape index (κ1) is 11.9. The van der Waals surface area contributed by atoms with Gasteiger partial charge in [-0.25, -0.2) is 9.48 Å². The van der Waals surface area contributed by atoms with Gasteiger partial charge in [0, 0.05) is 20.1 Å². The highest BCUT2D eigenvalue weighted by atomic mass is 16.2. The monoisotopic (exact) mass is 238 g/mol. The number of aryl methyl sites for hydroxylation is 1. The quantitative estimate of drug-likeness (QED) is 0.792. The van der Waals surface area contributed by atoms with Crippen LogP contribution in [0.4, 0.5) is 5.82 Å². The minimum absolute atomic E-state index is 0.272. The summed E-state index contributed by atoms with van der Waals surface area (Å²) in [5.41, 5.74) is -0.757. The van der Waals surface area contributed by atoms with Gasteiger partial charge in [0.05, 0.1) is 0 Å². The molecule has 0 saturated heterocycles. The van der Waals surface area contributed by atoms with Crippen LogP contribution in [0, 0.1) is 5.92 Å². The van der Waals surface area contributed by atoms with Crippen molar-refractivity contribution in [1.82, 2.24) is 14.3 Å². The molecule has 0 amide bonds. The van der Waals surface area contributed by atoms with Crippen LogP contribution in [-0.4, -0.2) is 20.4 Å². The number of aromatic nitrogens is 3. The molecule has 17 heavy (non-hydrogen) atoms. The molecule has 2 rings (SSSR count). The van der Waals surface area contributed by atoms with E-state index in [4.69, 9.17) is 0 Å². The molecule has 2 unspecified atom stereocenters. The van der Waals surface area contributed by atoms with Crippen molar-refractivity contribution in [2.75, 3.05) is 5.32 Å². The lowest BCUT2D eigenvalue weighted by Gasteiger charge is -2.17. The molecule has 0 bridgehead atoms.